The summed E-state index contributed by atoms with van der Waals surface area (Å²) in [6, 6.07) is 8.17. The van der Waals surface area contributed by atoms with E-state index < -0.39 is 0 Å². The number of para-hydroxylation sites is 1. The Balaban J connectivity index is 1.66. The lowest BCUT2D eigenvalue weighted by molar-refractivity contribution is -0.130. The first-order valence-electron chi connectivity index (χ1n) is 6.52. The summed E-state index contributed by atoms with van der Waals surface area (Å²) in [4.78, 5) is 13.9. The molecule has 1 aromatic rings. The number of β-amino-alcohol motifs (C(OH)–C–C–N with tert-alkyl or cyclic N) is 1. The number of carbonyl (C=O) groups is 1. The first kappa shape index (κ1) is 11.5. The van der Waals surface area contributed by atoms with Crippen LogP contribution in [-0.2, 0) is 4.79 Å². The number of aliphatic hydroxyl groups excluding tert-OH is 1. The summed E-state index contributed by atoms with van der Waals surface area (Å²) < 4.78 is 0. The monoisotopic (exact) mass is 246 g/mol. The molecule has 18 heavy (non-hydrogen) atoms. The first-order valence-corrected chi connectivity index (χ1v) is 6.52. The van der Waals surface area contributed by atoms with Crippen LogP contribution in [0.4, 0.5) is 5.69 Å². The molecule has 3 rings (SSSR count). The van der Waals surface area contributed by atoms with Gasteiger partial charge in [0.15, 0.2) is 0 Å². The molecule has 1 fully saturated rings. The smallest absolute Gasteiger partial charge is 0.223 e. The molecule has 96 valence electrons. The molecule has 1 amide bonds. The third kappa shape index (κ3) is 2.08. The van der Waals surface area contributed by atoms with Crippen molar-refractivity contribution in [2.75, 3.05) is 25.0 Å². The molecule has 2 heterocycles. The van der Waals surface area contributed by atoms with Crippen LogP contribution < -0.4 is 5.32 Å². The molecular weight excluding hydrogens is 228 g/mol. The van der Waals surface area contributed by atoms with E-state index in [0.717, 1.165) is 12.2 Å². The van der Waals surface area contributed by atoms with E-state index in [4.69, 9.17) is 0 Å². The summed E-state index contributed by atoms with van der Waals surface area (Å²) in [6.07, 6.45) is 0.921. The minimum Gasteiger partial charge on any atom is -0.391 e. The number of hydrogen-bond donors (Lipinski definition) is 2. The number of carbonyl (C=O) groups excluding carboxylic acids is 1. The normalized spacial score (nSPS) is 25.9. The van der Waals surface area contributed by atoms with Crippen LogP contribution in [0.5, 0.6) is 0 Å². The van der Waals surface area contributed by atoms with Gasteiger partial charge < -0.3 is 15.3 Å². The van der Waals surface area contributed by atoms with Gasteiger partial charge >= 0.3 is 0 Å². The summed E-state index contributed by atoms with van der Waals surface area (Å²) in [5, 5.41) is 12.8. The maximum atomic E-state index is 12.1. The van der Waals surface area contributed by atoms with Gasteiger partial charge in [-0.05, 0) is 18.1 Å². The Morgan fingerprint density at radius 2 is 2.28 bits per heavy atom. The third-order valence-corrected chi connectivity index (χ3v) is 3.88. The molecule has 4 nitrogen and oxygen atoms in total. The lowest BCUT2D eigenvalue weighted by atomic mass is 9.97. The molecule has 1 saturated heterocycles. The summed E-state index contributed by atoms with van der Waals surface area (Å²) in [6.45, 7) is 2.03. The predicted octanol–water partition coefficient (Wildman–Crippen LogP) is 1.18. The van der Waals surface area contributed by atoms with Gasteiger partial charge in [-0.15, -0.1) is 0 Å². The minimum absolute atomic E-state index is 0.162. The number of rotatable bonds is 2. The number of benzene rings is 1. The van der Waals surface area contributed by atoms with Gasteiger partial charge in [0.1, 0.15) is 0 Å². The average Bonchev–Trinajstić information content (AvgIpc) is 2.97. The molecule has 0 aromatic heterocycles. The number of amides is 1. The topological polar surface area (TPSA) is 52.6 Å². The highest BCUT2D eigenvalue weighted by Gasteiger charge is 2.29. The van der Waals surface area contributed by atoms with E-state index in [1.54, 1.807) is 4.90 Å². The van der Waals surface area contributed by atoms with Crippen LogP contribution in [0.25, 0.3) is 0 Å². The minimum atomic E-state index is -0.331. The van der Waals surface area contributed by atoms with Crippen LogP contribution >= 0.6 is 0 Å². The number of nitrogens with one attached hydrogen (secondary N) is 1. The van der Waals surface area contributed by atoms with Gasteiger partial charge in [-0.25, -0.2) is 0 Å². The van der Waals surface area contributed by atoms with Crippen molar-refractivity contribution in [2.45, 2.75) is 24.9 Å². The second kappa shape index (κ2) is 4.61. The van der Waals surface area contributed by atoms with Gasteiger partial charge in [0.2, 0.25) is 5.91 Å². The largest absolute Gasteiger partial charge is 0.391 e. The molecule has 0 saturated carbocycles. The first-order chi connectivity index (χ1) is 8.74. The van der Waals surface area contributed by atoms with Gasteiger partial charge in [0.25, 0.3) is 0 Å². The van der Waals surface area contributed by atoms with E-state index in [9.17, 15) is 9.90 Å². The van der Waals surface area contributed by atoms with Gasteiger partial charge in [-0.3, -0.25) is 4.79 Å². The zero-order chi connectivity index (χ0) is 12.5. The molecule has 1 aromatic carbocycles. The highest BCUT2D eigenvalue weighted by Crippen LogP contribution is 2.33. The van der Waals surface area contributed by atoms with Crippen molar-refractivity contribution in [1.82, 2.24) is 4.90 Å². The van der Waals surface area contributed by atoms with Crippen molar-refractivity contribution in [3.63, 3.8) is 0 Å². The van der Waals surface area contributed by atoms with E-state index in [-0.39, 0.29) is 17.9 Å². The average molecular weight is 246 g/mol. The fourth-order valence-corrected chi connectivity index (χ4v) is 2.85. The van der Waals surface area contributed by atoms with E-state index in [1.165, 1.54) is 5.56 Å². The summed E-state index contributed by atoms with van der Waals surface area (Å²) in [5.41, 5.74) is 2.39. The molecule has 2 aliphatic rings. The highest BCUT2D eigenvalue weighted by atomic mass is 16.3. The SMILES string of the molecule is O=C(CC1CNc2ccccc21)N1CC[C@@H](O)C1. The van der Waals surface area contributed by atoms with Crippen LogP contribution in [0.2, 0.25) is 0 Å². The third-order valence-electron chi connectivity index (χ3n) is 3.88. The van der Waals surface area contributed by atoms with Crippen molar-refractivity contribution in [1.29, 1.82) is 0 Å². The molecular formula is C14H18N2O2. The zero-order valence-electron chi connectivity index (χ0n) is 10.3. The Morgan fingerprint density at radius 1 is 1.44 bits per heavy atom. The van der Waals surface area contributed by atoms with Crippen LogP contribution in [0.15, 0.2) is 24.3 Å². The van der Waals surface area contributed by atoms with Crippen LogP contribution in [0, 0.1) is 0 Å². The Bertz CT molecular complexity index is 461. The molecule has 4 heteroatoms. The van der Waals surface area contributed by atoms with Crippen LogP contribution in [0.1, 0.15) is 24.3 Å². The van der Waals surface area contributed by atoms with Crippen molar-refractivity contribution in [3.8, 4) is 0 Å². The zero-order valence-corrected chi connectivity index (χ0v) is 10.3. The molecule has 2 atom stereocenters. The fourth-order valence-electron chi connectivity index (χ4n) is 2.85. The molecule has 0 aliphatic carbocycles. The molecule has 0 bridgehead atoms. The molecule has 1 unspecified atom stereocenters. The number of fused-ring (bicyclic) bond motifs is 1. The lowest BCUT2D eigenvalue weighted by Crippen LogP contribution is -2.30. The number of anilines is 1. The van der Waals surface area contributed by atoms with Crippen molar-refractivity contribution in [2.24, 2.45) is 0 Å². The number of nitrogens with zero attached hydrogens (tertiary/aromatic N) is 1. The maximum Gasteiger partial charge on any atom is 0.223 e. The Labute approximate surface area is 107 Å². The second-order valence-corrected chi connectivity index (χ2v) is 5.15. The van der Waals surface area contributed by atoms with Gasteiger partial charge in [0, 0.05) is 37.7 Å². The standard InChI is InChI=1S/C14H18N2O2/c17-11-5-6-16(9-11)14(18)7-10-8-15-13-4-2-1-3-12(10)13/h1-4,10-11,15,17H,5-9H2/t10?,11-/m1/s1. The van der Waals surface area contributed by atoms with E-state index in [2.05, 4.69) is 17.4 Å². The Kier molecular flexibility index (Phi) is 2.96. The second-order valence-electron chi connectivity index (χ2n) is 5.15. The molecule has 2 N–H and O–H groups in total. The van der Waals surface area contributed by atoms with E-state index in [1.807, 2.05) is 12.1 Å². The van der Waals surface area contributed by atoms with Gasteiger partial charge in [0.05, 0.1) is 6.10 Å². The predicted molar refractivity (Wildman–Crippen MR) is 69.5 cm³/mol. The van der Waals surface area contributed by atoms with E-state index >= 15 is 0 Å². The van der Waals surface area contributed by atoms with Crippen LogP contribution in [0.3, 0.4) is 0 Å². The highest BCUT2D eigenvalue weighted by molar-refractivity contribution is 5.78. The molecule has 0 radical (unpaired) electrons. The fraction of sp³-hybridized carbons (Fsp3) is 0.500. The van der Waals surface area contributed by atoms with Gasteiger partial charge in [-0.1, -0.05) is 18.2 Å². The van der Waals surface area contributed by atoms with Crippen LogP contribution in [-0.4, -0.2) is 41.7 Å². The summed E-state index contributed by atoms with van der Waals surface area (Å²) >= 11 is 0. The van der Waals surface area contributed by atoms with Crippen molar-refractivity contribution in [3.05, 3.63) is 29.8 Å². The number of hydrogen-bond acceptors (Lipinski definition) is 3. The number of likely N-dealkylation sites (tertiary alicyclic amines) is 1. The lowest BCUT2D eigenvalue weighted by Gasteiger charge is -2.18. The maximum absolute atomic E-state index is 12.1. The van der Waals surface area contributed by atoms with Crippen molar-refractivity contribution >= 4 is 11.6 Å². The summed E-state index contributed by atoms with van der Waals surface area (Å²) in [5.74, 6) is 0.432. The van der Waals surface area contributed by atoms with Crippen molar-refractivity contribution < 1.29 is 9.90 Å². The number of aliphatic hydroxyl groups is 1. The van der Waals surface area contributed by atoms with Gasteiger partial charge in [-0.2, -0.15) is 0 Å². The Hall–Kier alpha value is -1.55. The molecule has 2 aliphatic heterocycles. The Morgan fingerprint density at radius 3 is 3.06 bits per heavy atom. The molecule has 0 spiro atoms. The quantitative estimate of drug-likeness (QED) is 0.824. The summed E-state index contributed by atoms with van der Waals surface area (Å²) in [7, 11) is 0. The van der Waals surface area contributed by atoms with E-state index in [0.29, 0.717) is 25.9 Å².